The van der Waals surface area contributed by atoms with Gasteiger partial charge in [-0.2, -0.15) is 5.26 Å². The summed E-state index contributed by atoms with van der Waals surface area (Å²) in [5.74, 6) is -1.05. The molecule has 0 saturated heterocycles. The lowest BCUT2D eigenvalue weighted by atomic mass is 10.0. The summed E-state index contributed by atoms with van der Waals surface area (Å²) in [6.07, 6.45) is 2.63. The molecule has 4 rings (SSSR count). The van der Waals surface area contributed by atoms with Crippen molar-refractivity contribution in [1.82, 2.24) is 9.71 Å². The fourth-order valence-corrected chi connectivity index (χ4v) is 6.35. The van der Waals surface area contributed by atoms with Crippen LogP contribution in [-0.4, -0.2) is 36.3 Å². The average Bonchev–Trinajstić information content (AvgIpc) is 3.45. The van der Waals surface area contributed by atoms with E-state index in [9.17, 15) is 18.5 Å². The monoisotopic (exact) mass is 511 g/mol. The third kappa shape index (κ3) is 5.70. The molecule has 1 atom stereocenters. The summed E-state index contributed by atoms with van der Waals surface area (Å²) in [6.45, 7) is 3.82. The molecule has 2 N–H and O–H groups in total. The normalized spacial score (nSPS) is 15.1. The van der Waals surface area contributed by atoms with Crippen molar-refractivity contribution >= 4 is 27.3 Å². The van der Waals surface area contributed by atoms with Gasteiger partial charge < -0.3 is 9.84 Å². The first-order chi connectivity index (χ1) is 16.7. The van der Waals surface area contributed by atoms with Crippen LogP contribution in [0, 0.1) is 11.3 Å². The van der Waals surface area contributed by atoms with Gasteiger partial charge in [0.2, 0.25) is 10.0 Å². The molecule has 0 radical (unpaired) electrons. The highest BCUT2D eigenvalue weighted by Gasteiger charge is 2.29. The molecule has 0 spiro atoms. The lowest BCUT2D eigenvalue weighted by molar-refractivity contribution is -0.136. The molecule has 10 heteroatoms. The van der Waals surface area contributed by atoms with Crippen LogP contribution < -0.4 is 9.46 Å². The molecule has 182 valence electrons. The summed E-state index contributed by atoms with van der Waals surface area (Å²) in [4.78, 5) is 16.3. The molecular weight excluding hydrogens is 486 g/mol. The minimum absolute atomic E-state index is 0.0370. The van der Waals surface area contributed by atoms with Gasteiger partial charge in [0, 0.05) is 17.8 Å². The maximum Gasteiger partial charge on any atom is 0.304 e. The van der Waals surface area contributed by atoms with Crippen molar-refractivity contribution in [3.05, 3.63) is 59.3 Å². The molecule has 0 bridgehead atoms. The van der Waals surface area contributed by atoms with Crippen LogP contribution in [0.4, 0.5) is 0 Å². The van der Waals surface area contributed by atoms with Gasteiger partial charge >= 0.3 is 5.97 Å². The van der Waals surface area contributed by atoms with Crippen LogP contribution >= 0.6 is 11.3 Å². The Morgan fingerprint density at radius 2 is 2.14 bits per heavy atom. The molecule has 1 aromatic heterocycles. The van der Waals surface area contributed by atoms with Crippen molar-refractivity contribution in [2.24, 2.45) is 0 Å². The van der Waals surface area contributed by atoms with E-state index in [4.69, 9.17) is 9.84 Å². The molecule has 8 nitrogen and oxygen atoms in total. The van der Waals surface area contributed by atoms with Crippen molar-refractivity contribution in [2.75, 3.05) is 5.75 Å². The third-order valence-corrected chi connectivity index (χ3v) is 8.12. The number of aromatic nitrogens is 1. The zero-order valence-electron chi connectivity index (χ0n) is 19.3. The smallest absolute Gasteiger partial charge is 0.304 e. The third-order valence-electron chi connectivity index (χ3n) is 5.66. The highest BCUT2D eigenvalue weighted by Crippen LogP contribution is 2.41. The topological polar surface area (TPSA) is 129 Å². The average molecular weight is 512 g/mol. The largest absolute Gasteiger partial charge is 0.490 e. The van der Waals surface area contributed by atoms with Gasteiger partial charge in [-0.1, -0.05) is 18.2 Å². The number of thiazole rings is 1. The summed E-state index contributed by atoms with van der Waals surface area (Å²) in [5, 5.41) is 19.1. The minimum atomic E-state index is -3.71. The number of benzene rings is 2. The number of fused-ring (bicyclic) bond motifs is 1. The van der Waals surface area contributed by atoms with Crippen LogP contribution in [0.3, 0.4) is 0 Å². The first kappa shape index (κ1) is 24.9. The fraction of sp³-hybridized carbons (Fsp3) is 0.320. The number of nitriles is 1. The Kier molecular flexibility index (Phi) is 7.21. The molecule has 0 amide bonds. The van der Waals surface area contributed by atoms with E-state index in [-0.39, 0.29) is 12.1 Å². The SMILES string of the molecule is CC(C)Oc1ccc(-c2ncc(-c3cccc4c3CCC4NS(=O)(=O)CCC(=O)O)s2)cc1C#N. The number of nitrogens with one attached hydrogen (secondary N) is 1. The zero-order chi connectivity index (χ0) is 25.2. The van der Waals surface area contributed by atoms with Crippen LogP contribution in [0.2, 0.25) is 0 Å². The van der Waals surface area contributed by atoms with E-state index in [0.29, 0.717) is 24.2 Å². The number of sulfonamides is 1. The maximum atomic E-state index is 12.3. The second-order valence-corrected chi connectivity index (χ2v) is 11.5. The number of carboxylic acids is 1. The predicted octanol–water partition coefficient (Wildman–Crippen LogP) is 4.52. The van der Waals surface area contributed by atoms with E-state index in [1.807, 2.05) is 38.1 Å². The number of carbonyl (C=O) groups is 1. The van der Waals surface area contributed by atoms with Gasteiger partial charge in [0.05, 0.1) is 28.7 Å². The molecule has 35 heavy (non-hydrogen) atoms. The molecule has 1 unspecified atom stereocenters. The maximum absolute atomic E-state index is 12.3. The summed E-state index contributed by atoms with van der Waals surface area (Å²) < 4.78 is 33.0. The lowest BCUT2D eigenvalue weighted by Gasteiger charge is -2.14. The Balaban J connectivity index is 1.59. The van der Waals surface area contributed by atoms with Crippen molar-refractivity contribution in [3.63, 3.8) is 0 Å². The number of carboxylic acid groups (broad SMARTS) is 1. The molecule has 1 aliphatic carbocycles. The summed E-state index contributed by atoms with van der Waals surface area (Å²) in [5.41, 5.74) is 4.24. The van der Waals surface area contributed by atoms with Crippen molar-refractivity contribution in [1.29, 1.82) is 5.26 Å². The Bertz CT molecular complexity index is 1410. The molecule has 0 fully saturated rings. The number of rotatable bonds is 9. The van der Waals surface area contributed by atoms with E-state index in [0.717, 1.165) is 32.1 Å². The number of ether oxygens (including phenoxy) is 1. The van der Waals surface area contributed by atoms with E-state index >= 15 is 0 Å². The highest BCUT2D eigenvalue weighted by molar-refractivity contribution is 7.89. The van der Waals surface area contributed by atoms with E-state index < -0.39 is 28.2 Å². The fourth-order valence-electron chi connectivity index (χ4n) is 4.14. The molecule has 0 aliphatic heterocycles. The van der Waals surface area contributed by atoms with Gasteiger partial charge in [-0.15, -0.1) is 11.3 Å². The van der Waals surface area contributed by atoms with Crippen molar-refractivity contribution in [3.8, 4) is 32.8 Å². The van der Waals surface area contributed by atoms with Crippen molar-refractivity contribution in [2.45, 2.75) is 45.3 Å². The predicted molar refractivity (Wildman–Crippen MR) is 134 cm³/mol. The van der Waals surface area contributed by atoms with Gasteiger partial charge in [0.25, 0.3) is 0 Å². The quantitative estimate of drug-likeness (QED) is 0.432. The van der Waals surface area contributed by atoms with Crippen molar-refractivity contribution < 1.29 is 23.1 Å². The first-order valence-electron chi connectivity index (χ1n) is 11.2. The van der Waals surface area contributed by atoms with Gasteiger partial charge in [-0.05, 0) is 61.6 Å². The first-order valence-corrected chi connectivity index (χ1v) is 13.6. The second-order valence-electron chi connectivity index (χ2n) is 8.56. The highest BCUT2D eigenvalue weighted by atomic mass is 32.2. The summed E-state index contributed by atoms with van der Waals surface area (Å²) >= 11 is 1.50. The molecular formula is C25H25N3O5S2. The number of aliphatic carboxylic acids is 1. The Labute approximate surface area is 208 Å². The van der Waals surface area contributed by atoms with Gasteiger partial charge in [0.15, 0.2) is 0 Å². The van der Waals surface area contributed by atoms with Crippen LogP contribution in [0.5, 0.6) is 5.75 Å². The molecule has 2 aromatic carbocycles. The molecule has 3 aromatic rings. The van der Waals surface area contributed by atoms with Gasteiger partial charge in [-0.3, -0.25) is 4.79 Å². The van der Waals surface area contributed by atoms with E-state index in [1.165, 1.54) is 11.3 Å². The van der Waals surface area contributed by atoms with Crippen LogP contribution in [0.15, 0.2) is 42.6 Å². The molecule has 0 saturated carbocycles. The second kappa shape index (κ2) is 10.2. The van der Waals surface area contributed by atoms with E-state index in [1.54, 1.807) is 18.3 Å². The molecule has 1 aliphatic rings. The number of hydrogen-bond donors (Lipinski definition) is 2. The van der Waals surface area contributed by atoms with E-state index in [2.05, 4.69) is 15.8 Å². The Hall–Kier alpha value is -3.26. The van der Waals surface area contributed by atoms with Crippen LogP contribution in [-0.2, 0) is 21.2 Å². The Morgan fingerprint density at radius 1 is 1.34 bits per heavy atom. The standard InChI is InChI=1S/C25H25N3O5S2/c1-15(2)33-22-9-6-16(12-17(22)13-26)25-27-14-23(34-25)20-5-3-4-19-18(20)7-8-21(19)28-35(31,32)11-10-24(29)30/h3-6,9,12,14-15,21,28H,7-8,10-11H2,1-2H3,(H,29,30). The number of hydrogen-bond acceptors (Lipinski definition) is 7. The Morgan fingerprint density at radius 3 is 2.86 bits per heavy atom. The van der Waals surface area contributed by atoms with Crippen LogP contribution in [0.25, 0.3) is 21.0 Å². The summed E-state index contributed by atoms with van der Waals surface area (Å²) in [6, 6.07) is 13.0. The number of nitrogens with zero attached hydrogens (tertiary/aromatic N) is 2. The van der Waals surface area contributed by atoms with Crippen LogP contribution in [0.1, 0.15) is 49.4 Å². The van der Waals surface area contributed by atoms with Gasteiger partial charge in [-0.25, -0.2) is 18.1 Å². The summed E-state index contributed by atoms with van der Waals surface area (Å²) in [7, 11) is -3.71. The minimum Gasteiger partial charge on any atom is -0.490 e. The zero-order valence-corrected chi connectivity index (χ0v) is 20.9. The molecule has 1 heterocycles. The lowest BCUT2D eigenvalue weighted by Crippen LogP contribution is -2.30. The van der Waals surface area contributed by atoms with Gasteiger partial charge in [0.1, 0.15) is 16.8 Å².